The van der Waals surface area contributed by atoms with Gasteiger partial charge < -0.3 is 24.2 Å². The molecule has 0 spiro atoms. The standard InChI is InChI=1S/C24H20O8/c1-9-5-13-15(7-11(9)3)31-23(29)18(20(13)25)17(22(27)28)19-21(26)14-6-10(2)12(4)8-16(14)32-24(19)30/h5-8,17,25-26H,1-4H3,(H,27,28). The third kappa shape index (κ3) is 3.11. The number of carbonyl (C=O) groups is 1. The molecule has 8 heteroatoms. The van der Waals surface area contributed by atoms with Gasteiger partial charge in [0.15, 0.2) is 0 Å². The highest BCUT2D eigenvalue weighted by Gasteiger charge is 2.36. The molecule has 4 rings (SSSR count). The predicted octanol–water partition coefficient (Wildman–Crippen LogP) is 3.76. The van der Waals surface area contributed by atoms with E-state index in [0.29, 0.717) is 0 Å². The maximum absolute atomic E-state index is 12.8. The number of carboxylic acids is 1. The number of benzene rings is 2. The van der Waals surface area contributed by atoms with Crippen LogP contribution in [0.4, 0.5) is 0 Å². The van der Waals surface area contributed by atoms with Crippen molar-refractivity contribution in [3.05, 3.63) is 78.5 Å². The van der Waals surface area contributed by atoms with Crippen LogP contribution in [-0.4, -0.2) is 21.3 Å². The largest absolute Gasteiger partial charge is 0.507 e. The molecule has 0 unspecified atom stereocenters. The molecule has 164 valence electrons. The number of carboxylic acid groups (broad SMARTS) is 1. The van der Waals surface area contributed by atoms with Gasteiger partial charge in [-0.1, -0.05) is 0 Å². The van der Waals surface area contributed by atoms with E-state index >= 15 is 0 Å². The molecule has 0 aliphatic rings. The third-order valence-electron chi connectivity index (χ3n) is 5.88. The molecule has 0 radical (unpaired) electrons. The molecule has 0 bridgehead atoms. The maximum Gasteiger partial charge on any atom is 0.344 e. The Labute approximate surface area is 181 Å². The van der Waals surface area contributed by atoms with Gasteiger partial charge in [0.25, 0.3) is 0 Å². The minimum absolute atomic E-state index is 0.0735. The number of aromatic hydroxyl groups is 2. The number of aryl methyl sites for hydroxylation is 4. The molecule has 3 N–H and O–H groups in total. The quantitative estimate of drug-likeness (QED) is 0.413. The molecular formula is C24H20O8. The predicted molar refractivity (Wildman–Crippen MR) is 117 cm³/mol. The summed E-state index contributed by atoms with van der Waals surface area (Å²) in [4.78, 5) is 37.7. The smallest absolute Gasteiger partial charge is 0.344 e. The normalized spacial score (nSPS) is 11.5. The van der Waals surface area contributed by atoms with Crippen LogP contribution in [0.1, 0.15) is 39.3 Å². The number of aliphatic carboxylic acids is 1. The zero-order chi connectivity index (χ0) is 23.5. The van der Waals surface area contributed by atoms with Crippen molar-refractivity contribution in [2.75, 3.05) is 0 Å². The lowest BCUT2D eigenvalue weighted by Crippen LogP contribution is -2.26. The van der Waals surface area contributed by atoms with Crippen molar-refractivity contribution in [1.29, 1.82) is 0 Å². The summed E-state index contributed by atoms with van der Waals surface area (Å²) >= 11 is 0. The van der Waals surface area contributed by atoms with Crippen molar-refractivity contribution in [2.45, 2.75) is 33.6 Å². The zero-order valence-corrected chi connectivity index (χ0v) is 17.8. The van der Waals surface area contributed by atoms with Gasteiger partial charge in [-0.05, 0) is 74.2 Å². The molecule has 2 aromatic carbocycles. The van der Waals surface area contributed by atoms with E-state index in [0.717, 1.165) is 22.3 Å². The van der Waals surface area contributed by atoms with Gasteiger partial charge >= 0.3 is 17.2 Å². The summed E-state index contributed by atoms with van der Waals surface area (Å²) < 4.78 is 10.5. The summed E-state index contributed by atoms with van der Waals surface area (Å²) in [7, 11) is 0. The van der Waals surface area contributed by atoms with Crippen LogP contribution in [0, 0.1) is 27.7 Å². The number of rotatable bonds is 3. The molecule has 0 amide bonds. The van der Waals surface area contributed by atoms with Gasteiger partial charge in [-0.3, -0.25) is 4.79 Å². The average molecular weight is 436 g/mol. The van der Waals surface area contributed by atoms with Crippen LogP contribution in [0.15, 0.2) is 42.7 Å². The van der Waals surface area contributed by atoms with Crippen molar-refractivity contribution in [1.82, 2.24) is 0 Å². The van der Waals surface area contributed by atoms with Crippen LogP contribution in [0.2, 0.25) is 0 Å². The van der Waals surface area contributed by atoms with Crippen LogP contribution < -0.4 is 11.3 Å². The summed E-state index contributed by atoms with van der Waals surface area (Å²) in [5.41, 5.74) is -0.292. The highest BCUT2D eigenvalue weighted by molar-refractivity contribution is 5.92. The van der Waals surface area contributed by atoms with Crippen LogP contribution >= 0.6 is 0 Å². The summed E-state index contributed by atoms with van der Waals surface area (Å²) in [5.74, 6) is -4.92. The molecule has 2 heterocycles. The Balaban J connectivity index is 2.10. The van der Waals surface area contributed by atoms with E-state index in [9.17, 15) is 29.7 Å². The van der Waals surface area contributed by atoms with Gasteiger partial charge in [0.2, 0.25) is 0 Å². The van der Waals surface area contributed by atoms with Crippen molar-refractivity contribution in [2.24, 2.45) is 0 Å². The Morgan fingerprint density at radius 3 is 1.41 bits per heavy atom. The molecular weight excluding hydrogens is 416 g/mol. The van der Waals surface area contributed by atoms with E-state index < -0.39 is 45.8 Å². The lowest BCUT2D eigenvalue weighted by Gasteiger charge is -2.16. The monoisotopic (exact) mass is 436 g/mol. The average Bonchev–Trinajstić information content (AvgIpc) is 2.70. The molecule has 2 aromatic heterocycles. The molecule has 0 aliphatic carbocycles. The highest BCUT2D eigenvalue weighted by atomic mass is 16.4. The molecule has 8 nitrogen and oxygen atoms in total. The SMILES string of the molecule is Cc1cc2oc(=O)c(C(C(=O)O)c3c(O)c4cc(C)c(C)cc4oc3=O)c(O)c2cc1C. The first-order chi connectivity index (χ1) is 15.0. The van der Waals surface area contributed by atoms with Crippen molar-refractivity contribution < 1.29 is 28.9 Å². The van der Waals surface area contributed by atoms with Crippen molar-refractivity contribution in [3.63, 3.8) is 0 Å². The number of fused-ring (bicyclic) bond motifs is 2. The van der Waals surface area contributed by atoms with Crippen LogP contribution in [-0.2, 0) is 4.79 Å². The van der Waals surface area contributed by atoms with Crippen molar-refractivity contribution in [3.8, 4) is 11.5 Å². The fourth-order valence-electron chi connectivity index (χ4n) is 3.81. The van der Waals surface area contributed by atoms with E-state index in [4.69, 9.17) is 8.83 Å². The highest BCUT2D eigenvalue weighted by Crippen LogP contribution is 2.39. The first-order valence-electron chi connectivity index (χ1n) is 9.78. The summed E-state index contributed by atoms with van der Waals surface area (Å²) in [6.45, 7) is 7.15. The first-order valence-corrected chi connectivity index (χ1v) is 9.78. The van der Waals surface area contributed by atoms with Crippen LogP contribution in [0.3, 0.4) is 0 Å². The van der Waals surface area contributed by atoms with Crippen molar-refractivity contribution >= 4 is 27.9 Å². The van der Waals surface area contributed by atoms with Crippen LogP contribution in [0.25, 0.3) is 21.9 Å². The van der Waals surface area contributed by atoms with E-state index in [1.165, 1.54) is 0 Å². The van der Waals surface area contributed by atoms with Gasteiger partial charge in [0.05, 0.1) is 21.9 Å². The summed E-state index contributed by atoms with van der Waals surface area (Å²) in [6, 6.07) is 6.22. The van der Waals surface area contributed by atoms with Gasteiger partial charge in [-0.2, -0.15) is 0 Å². The third-order valence-corrected chi connectivity index (χ3v) is 5.88. The van der Waals surface area contributed by atoms with E-state index in [-0.39, 0.29) is 21.9 Å². The molecule has 0 saturated heterocycles. The van der Waals surface area contributed by atoms with Gasteiger partial charge in [0.1, 0.15) is 28.6 Å². The van der Waals surface area contributed by atoms with E-state index in [2.05, 4.69) is 0 Å². The van der Waals surface area contributed by atoms with E-state index in [1.807, 2.05) is 0 Å². The second-order valence-corrected chi connectivity index (χ2v) is 7.94. The van der Waals surface area contributed by atoms with Gasteiger partial charge in [0, 0.05) is 0 Å². The van der Waals surface area contributed by atoms with Gasteiger partial charge in [-0.25, -0.2) is 9.59 Å². The lowest BCUT2D eigenvalue weighted by molar-refractivity contribution is -0.137. The molecule has 0 saturated carbocycles. The molecule has 32 heavy (non-hydrogen) atoms. The fourth-order valence-corrected chi connectivity index (χ4v) is 3.81. The second kappa shape index (κ2) is 7.26. The number of hydrogen-bond acceptors (Lipinski definition) is 7. The Morgan fingerprint density at radius 1 is 0.719 bits per heavy atom. The Morgan fingerprint density at radius 2 is 1.06 bits per heavy atom. The van der Waals surface area contributed by atoms with E-state index in [1.54, 1.807) is 52.0 Å². The molecule has 0 fully saturated rings. The summed E-state index contributed by atoms with van der Waals surface area (Å²) in [6.07, 6.45) is 0. The summed E-state index contributed by atoms with van der Waals surface area (Å²) in [5, 5.41) is 31.9. The second-order valence-electron chi connectivity index (χ2n) is 7.94. The van der Waals surface area contributed by atoms with Crippen LogP contribution in [0.5, 0.6) is 11.5 Å². The molecule has 0 aliphatic heterocycles. The first kappa shape index (κ1) is 21.2. The molecule has 4 aromatic rings. The minimum Gasteiger partial charge on any atom is -0.507 e. The molecule has 0 atom stereocenters. The number of hydrogen-bond donors (Lipinski definition) is 3. The lowest BCUT2D eigenvalue weighted by atomic mass is 9.90. The zero-order valence-electron chi connectivity index (χ0n) is 17.8. The van der Waals surface area contributed by atoms with Gasteiger partial charge in [-0.15, -0.1) is 0 Å². The fraction of sp³-hybridized carbons (Fsp3) is 0.208. The topological polar surface area (TPSA) is 138 Å². The Bertz CT molecular complexity index is 1440. The maximum atomic E-state index is 12.8. The Kier molecular flexibility index (Phi) is 4.81. The Hall–Kier alpha value is -4.07. The minimum atomic E-state index is -2.01.